The zero-order chi connectivity index (χ0) is 49.5. The summed E-state index contributed by atoms with van der Waals surface area (Å²) in [6, 6.07) is 35.6. The molecule has 0 aliphatic carbocycles. The van der Waals surface area contributed by atoms with E-state index in [9.17, 15) is 5.26 Å². The third-order valence-corrected chi connectivity index (χ3v) is 12.7. The summed E-state index contributed by atoms with van der Waals surface area (Å²) in [5, 5.41) is 14.8. The fourth-order valence-electron chi connectivity index (χ4n) is 9.94. The van der Waals surface area contributed by atoms with Gasteiger partial charge in [0.25, 0.3) is 0 Å². The third-order valence-electron chi connectivity index (χ3n) is 12.7. The molecule has 0 spiro atoms. The molecule has 0 saturated heterocycles. The number of aromatic nitrogens is 15. The Kier molecular flexibility index (Phi) is 10.2. The number of aryl methyl sites for hydroxylation is 8. The van der Waals surface area contributed by atoms with Gasteiger partial charge in [0.2, 0.25) is 0 Å². The first-order valence-electron chi connectivity index (χ1n) is 23.3. The second kappa shape index (κ2) is 16.8. The Bertz CT molecular complexity index is 3740. The second-order valence-corrected chi connectivity index (χ2v) is 17.8. The molecule has 7 aromatic heterocycles. The van der Waals surface area contributed by atoms with Crippen molar-refractivity contribution in [2.75, 3.05) is 0 Å². The summed E-state index contributed by atoms with van der Waals surface area (Å²) in [6.45, 7) is 15.0. The van der Waals surface area contributed by atoms with Gasteiger partial charge >= 0.3 is 0 Å². The molecule has 0 radical (unpaired) electrons. The van der Waals surface area contributed by atoms with Crippen LogP contribution < -0.4 is 0 Å². The maximum atomic E-state index is 11.1. The Morgan fingerprint density at radius 3 is 0.875 bits per heavy atom. The predicted octanol–water partition coefficient (Wildman–Crippen LogP) is 10.7. The summed E-state index contributed by atoms with van der Waals surface area (Å²) in [4.78, 5) is 60.2. The number of fused-ring (bicyclic) bond motifs is 6. The molecule has 12 rings (SSSR count). The van der Waals surface area contributed by atoms with Crippen LogP contribution in [0.1, 0.15) is 52.2 Å². The summed E-state index contributed by atoms with van der Waals surface area (Å²) in [6.07, 6.45) is 3.59. The first-order valence-corrected chi connectivity index (χ1v) is 23.3. The van der Waals surface area contributed by atoms with Gasteiger partial charge in [0, 0.05) is 61.8 Å². The van der Waals surface area contributed by atoms with Crippen molar-refractivity contribution in [2.45, 2.75) is 55.4 Å². The summed E-state index contributed by atoms with van der Waals surface area (Å²) >= 11 is 0. The lowest BCUT2D eigenvalue weighted by Crippen LogP contribution is -2.05. The first kappa shape index (κ1) is 43.6. The Morgan fingerprint density at radius 2 is 0.611 bits per heavy atom. The van der Waals surface area contributed by atoms with E-state index in [1.807, 2.05) is 104 Å². The van der Waals surface area contributed by atoms with Crippen LogP contribution in [0, 0.1) is 66.7 Å². The standard InChI is InChI=1S/C56H42N16/c1-28-59-29(2)64-53(63-28)38-9-13-46-42(23-38)43-24-39(54-65-30(3)60-31(4)66-54)10-14-47(43)71(46)50-21-36(27-57)22-51(52(50)37-17-19-58-20-18-37)72-48-15-11-40(55-67-32(5)61-33(6)68-55)25-44(48)45-26-41(12-16-49(45)72)56-69-34(7)62-35(8)70-56/h9-26H,1-8H3. The Labute approximate surface area is 412 Å². The highest BCUT2D eigenvalue weighted by atomic mass is 15.1. The minimum absolute atomic E-state index is 0.462. The van der Waals surface area contributed by atoms with Gasteiger partial charge in [-0.15, -0.1) is 0 Å². The van der Waals surface area contributed by atoms with Gasteiger partial charge in [-0.3, -0.25) is 4.98 Å². The smallest absolute Gasteiger partial charge is 0.163 e. The van der Waals surface area contributed by atoms with E-state index in [1.54, 1.807) is 12.4 Å². The molecule has 0 aliphatic heterocycles. The van der Waals surface area contributed by atoms with E-state index in [1.165, 1.54) is 0 Å². The van der Waals surface area contributed by atoms with E-state index in [0.29, 0.717) is 75.5 Å². The molecule has 0 unspecified atom stereocenters. The molecule has 0 saturated carbocycles. The monoisotopic (exact) mass is 938 g/mol. The molecule has 7 heterocycles. The molecule has 72 heavy (non-hydrogen) atoms. The quantitative estimate of drug-likeness (QED) is 0.146. The van der Waals surface area contributed by atoms with Gasteiger partial charge in [0.15, 0.2) is 23.3 Å². The maximum absolute atomic E-state index is 11.1. The van der Waals surface area contributed by atoms with Crippen LogP contribution in [0.2, 0.25) is 0 Å². The molecule has 12 aromatic rings. The Balaban J connectivity index is 1.19. The maximum Gasteiger partial charge on any atom is 0.163 e. The SMILES string of the molecule is Cc1nc(C)nc(-c2ccc3c(c2)c2cc(-c4nc(C)nc(C)n4)ccc2n3-c2cc(C#N)cc(-n3c4ccc(-c5nc(C)nc(C)n5)cc4c4cc(-c5nc(C)nc(C)n5)ccc43)c2-c2ccncc2)n1. The van der Waals surface area contributed by atoms with Crippen LogP contribution in [0.25, 0.3) is 112 Å². The van der Waals surface area contributed by atoms with Gasteiger partial charge in [-0.1, -0.05) is 0 Å². The molecule has 5 aromatic carbocycles. The zero-order valence-corrected chi connectivity index (χ0v) is 40.5. The molecule has 16 nitrogen and oxygen atoms in total. The van der Waals surface area contributed by atoms with Crippen LogP contribution >= 0.6 is 0 Å². The molecule has 0 amide bonds. The lowest BCUT2D eigenvalue weighted by molar-refractivity contribution is 0.928. The van der Waals surface area contributed by atoms with Crippen LogP contribution in [0.4, 0.5) is 0 Å². The van der Waals surface area contributed by atoms with Crippen LogP contribution in [0.5, 0.6) is 0 Å². The molecule has 346 valence electrons. The number of hydrogen-bond acceptors (Lipinski definition) is 14. The number of hydrogen-bond donors (Lipinski definition) is 0. The highest BCUT2D eigenvalue weighted by molar-refractivity contribution is 6.14. The number of benzene rings is 5. The Hall–Kier alpha value is -9.62. The fraction of sp³-hybridized carbons (Fsp3) is 0.143. The van der Waals surface area contributed by atoms with E-state index >= 15 is 0 Å². The van der Waals surface area contributed by atoms with Gasteiger partial charge in [-0.25, -0.2) is 59.8 Å². The largest absolute Gasteiger partial charge is 0.308 e. The molecule has 0 atom stereocenters. The molecule has 0 N–H and O–H groups in total. The van der Waals surface area contributed by atoms with E-state index in [2.05, 4.69) is 88.7 Å². The van der Waals surface area contributed by atoms with Crippen molar-refractivity contribution in [3.8, 4) is 74.1 Å². The normalized spacial score (nSPS) is 11.6. The average Bonchev–Trinajstić information content (AvgIpc) is 3.86. The lowest BCUT2D eigenvalue weighted by Gasteiger charge is -2.21. The van der Waals surface area contributed by atoms with Crippen molar-refractivity contribution in [1.82, 2.24) is 73.9 Å². The average molecular weight is 939 g/mol. The highest BCUT2D eigenvalue weighted by Crippen LogP contribution is 2.44. The minimum Gasteiger partial charge on any atom is -0.308 e. The predicted molar refractivity (Wildman–Crippen MR) is 276 cm³/mol. The van der Waals surface area contributed by atoms with Crippen LogP contribution in [0.3, 0.4) is 0 Å². The summed E-state index contributed by atoms with van der Waals surface area (Å²) in [5.41, 5.74) is 10.7. The van der Waals surface area contributed by atoms with Gasteiger partial charge in [0.1, 0.15) is 46.6 Å². The van der Waals surface area contributed by atoms with E-state index in [4.69, 9.17) is 39.9 Å². The van der Waals surface area contributed by atoms with Crippen LogP contribution in [-0.2, 0) is 0 Å². The molecular formula is C56H42N16. The van der Waals surface area contributed by atoms with Crippen LogP contribution in [0.15, 0.2) is 109 Å². The zero-order valence-electron chi connectivity index (χ0n) is 40.5. The second-order valence-electron chi connectivity index (χ2n) is 17.8. The van der Waals surface area contributed by atoms with Crippen molar-refractivity contribution in [3.63, 3.8) is 0 Å². The summed E-state index contributed by atoms with van der Waals surface area (Å²) < 4.78 is 4.49. The number of nitriles is 1. The number of nitrogens with zero attached hydrogens (tertiary/aromatic N) is 16. The van der Waals surface area contributed by atoms with Gasteiger partial charge in [0.05, 0.1) is 45.1 Å². The third kappa shape index (κ3) is 7.51. The van der Waals surface area contributed by atoms with Crippen molar-refractivity contribution >= 4 is 43.6 Å². The van der Waals surface area contributed by atoms with E-state index in [0.717, 1.165) is 88.4 Å². The number of pyridine rings is 1. The van der Waals surface area contributed by atoms with Crippen molar-refractivity contribution < 1.29 is 0 Å². The van der Waals surface area contributed by atoms with Crippen LogP contribution in [-0.4, -0.2) is 73.9 Å². The van der Waals surface area contributed by atoms with Gasteiger partial charge in [-0.2, -0.15) is 5.26 Å². The van der Waals surface area contributed by atoms with E-state index < -0.39 is 0 Å². The minimum atomic E-state index is 0.462. The molecule has 16 heteroatoms. The molecule has 0 bridgehead atoms. The number of rotatable bonds is 7. The molecule has 0 fully saturated rings. The summed E-state index contributed by atoms with van der Waals surface area (Å²) in [5.74, 6) is 7.38. The van der Waals surface area contributed by atoms with E-state index in [-0.39, 0.29) is 0 Å². The first-order chi connectivity index (χ1) is 34.8. The lowest BCUT2D eigenvalue weighted by atomic mass is 9.98. The fourth-order valence-corrected chi connectivity index (χ4v) is 9.94. The van der Waals surface area contributed by atoms with Crippen molar-refractivity contribution in [3.05, 3.63) is 162 Å². The highest BCUT2D eigenvalue weighted by Gasteiger charge is 2.25. The van der Waals surface area contributed by atoms with Crippen molar-refractivity contribution in [2.24, 2.45) is 0 Å². The van der Waals surface area contributed by atoms with Crippen molar-refractivity contribution in [1.29, 1.82) is 5.26 Å². The molecule has 0 aliphatic rings. The topological polar surface area (TPSA) is 201 Å². The Morgan fingerprint density at radius 1 is 0.333 bits per heavy atom. The van der Waals surface area contributed by atoms with Gasteiger partial charge in [-0.05, 0) is 158 Å². The van der Waals surface area contributed by atoms with Gasteiger partial charge < -0.3 is 9.13 Å². The summed E-state index contributed by atoms with van der Waals surface area (Å²) in [7, 11) is 0. The molecular weight excluding hydrogens is 897 g/mol.